The molecule has 0 heterocycles. The first-order valence-corrected chi connectivity index (χ1v) is 6.29. The quantitative estimate of drug-likeness (QED) is 0.757. The molecule has 0 radical (unpaired) electrons. The molecule has 0 spiro atoms. The number of benzene rings is 1. The lowest BCUT2D eigenvalue weighted by atomic mass is 10.2. The zero-order chi connectivity index (χ0) is 12.7. The van der Waals surface area contributed by atoms with Crippen LogP contribution >= 0.6 is 0 Å². The molecular formula is C14H24N2O. The van der Waals surface area contributed by atoms with Gasteiger partial charge in [-0.1, -0.05) is 24.6 Å². The Bertz CT molecular complexity index is 311. The molecule has 96 valence electrons. The summed E-state index contributed by atoms with van der Waals surface area (Å²) in [5.74, 6) is 0. The van der Waals surface area contributed by atoms with Crippen LogP contribution in [0.3, 0.4) is 0 Å². The maximum Gasteiger partial charge on any atom is 0.0601 e. The Kier molecular flexibility index (Phi) is 6.01. The second-order valence-electron chi connectivity index (χ2n) is 4.55. The second-order valence-corrected chi connectivity index (χ2v) is 4.55. The van der Waals surface area contributed by atoms with Gasteiger partial charge in [-0.3, -0.25) is 0 Å². The molecule has 1 aromatic rings. The monoisotopic (exact) mass is 236 g/mol. The number of aryl methyl sites for hydroxylation is 1. The maximum atomic E-state index is 9.30. The minimum atomic E-state index is 0.140. The molecule has 0 aliphatic rings. The van der Waals surface area contributed by atoms with Gasteiger partial charge in [0.15, 0.2) is 0 Å². The third-order valence-corrected chi connectivity index (χ3v) is 2.87. The molecule has 0 aliphatic carbocycles. The highest BCUT2D eigenvalue weighted by Crippen LogP contribution is 2.13. The predicted molar refractivity (Wildman–Crippen MR) is 73.6 cm³/mol. The van der Waals surface area contributed by atoms with Gasteiger partial charge in [-0.15, -0.1) is 0 Å². The zero-order valence-electron chi connectivity index (χ0n) is 11.1. The standard InChI is InChI=1S/C14H24N2O/c1-4-9-15-13(11-17)10-16(3)14-7-5-12(2)6-8-14/h5-8,13,15,17H,4,9-11H2,1-3H3. The molecule has 17 heavy (non-hydrogen) atoms. The van der Waals surface area contributed by atoms with E-state index >= 15 is 0 Å². The maximum absolute atomic E-state index is 9.30. The molecular weight excluding hydrogens is 212 g/mol. The summed E-state index contributed by atoms with van der Waals surface area (Å²) >= 11 is 0. The van der Waals surface area contributed by atoms with E-state index in [1.807, 2.05) is 0 Å². The number of likely N-dealkylation sites (N-methyl/N-ethyl adjacent to an activating group) is 1. The van der Waals surface area contributed by atoms with Gasteiger partial charge in [0.1, 0.15) is 0 Å². The highest BCUT2D eigenvalue weighted by Gasteiger charge is 2.09. The molecule has 0 amide bonds. The molecule has 0 aliphatic heterocycles. The summed E-state index contributed by atoms with van der Waals surface area (Å²) < 4.78 is 0. The van der Waals surface area contributed by atoms with Gasteiger partial charge in [0.2, 0.25) is 0 Å². The van der Waals surface area contributed by atoms with Crippen LogP contribution in [0.25, 0.3) is 0 Å². The summed E-state index contributed by atoms with van der Waals surface area (Å²) in [6.07, 6.45) is 1.09. The lowest BCUT2D eigenvalue weighted by molar-refractivity contribution is 0.245. The van der Waals surface area contributed by atoms with Crippen molar-refractivity contribution in [1.29, 1.82) is 0 Å². The van der Waals surface area contributed by atoms with E-state index in [0.717, 1.165) is 19.5 Å². The first-order chi connectivity index (χ1) is 8.17. The van der Waals surface area contributed by atoms with Gasteiger partial charge in [-0.05, 0) is 32.0 Å². The molecule has 0 aromatic heterocycles. The number of aliphatic hydroxyl groups is 1. The van der Waals surface area contributed by atoms with Crippen molar-refractivity contribution >= 4 is 5.69 Å². The number of aliphatic hydroxyl groups excluding tert-OH is 1. The molecule has 2 N–H and O–H groups in total. The number of hydrogen-bond donors (Lipinski definition) is 2. The van der Waals surface area contributed by atoms with Crippen molar-refractivity contribution in [1.82, 2.24) is 5.32 Å². The van der Waals surface area contributed by atoms with E-state index in [1.165, 1.54) is 11.3 Å². The third-order valence-electron chi connectivity index (χ3n) is 2.87. The minimum Gasteiger partial charge on any atom is -0.395 e. The number of rotatable bonds is 7. The van der Waals surface area contributed by atoms with Gasteiger partial charge in [0.25, 0.3) is 0 Å². The van der Waals surface area contributed by atoms with E-state index in [1.54, 1.807) is 0 Å². The van der Waals surface area contributed by atoms with E-state index in [9.17, 15) is 5.11 Å². The van der Waals surface area contributed by atoms with Crippen molar-refractivity contribution in [2.75, 3.05) is 31.6 Å². The Balaban J connectivity index is 2.51. The van der Waals surface area contributed by atoms with Crippen molar-refractivity contribution in [2.24, 2.45) is 0 Å². The summed E-state index contributed by atoms with van der Waals surface area (Å²) in [5, 5.41) is 12.6. The Labute approximate surface area is 104 Å². The largest absolute Gasteiger partial charge is 0.395 e. The molecule has 1 unspecified atom stereocenters. The second kappa shape index (κ2) is 7.30. The number of anilines is 1. The van der Waals surface area contributed by atoms with Crippen molar-refractivity contribution in [3.63, 3.8) is 0 Å². The molecule has 1 atom stereocenters. The first kappa shape index (κ1) is 14.0. The summed E-state index contributed by atoms with van der Waals surface area (Å²) in [6.45, 7) is 6.16. The van der Waals surface area contributed by atoms with Crippen LogP contribution in [-0.2, 0) is 0 Å². The molecule has 1 aromatic carbocycles. The fraction of sp³-hybridized carbons (Fsp3) is 0.571. The topological polar surface area (TPSA) is 35.5 Å². The van der Waals surface area contributed by atoms with E-state index in [0.29, 0.717) is 0 Å². The van der Waals surface area contributed by atoms with Gasteiger partial charge in [0.05, 0.1) is 6.61 Å². The van der Waals surface area contributed by atoms with Crippen LogP contribution in [0.2, 0.25) is 0 Å². The predicted octanol–water partition coefficient (Wildman–Crippen LogP) is 1.79. The van der Waals surface area contributed by atoms with E-state index in [4.69, 9.17) is 0 Å². The fourth-order valence-electron chi connectivity index (χ4n) is 1.77. The van der Waals surface area contributed by atoms with Crippen LogP contribution in [0.5, 0.6) is 0 Å². The lowest BCUT2D eigenvalue weighted by Crippen LogP contribution is -2.42. The van der Waals surface area contributed by atoms with Crippen molar-refractivity contribution in [3.05, 3.63) is 29.8 Å². The average molecular weight is 236 g/mol. The van der Waals surface area contributed by atoms with Crippen LogP contribution in [-0.4, -0.2) is 37.9 Å². The summed E-state index contributed by atoms with van der Waals surface area (Å²) in [6, 6.07) is 8.59. The SMILES string of the molecule is CCCNC(CO)CN(C)c1ccc(C)cc1. The Morgan fingerprint density at radius 1 is 1.29 bits per heavy atom. The van der Waals surface area contributed by atoms with Crippen molar-refractivity contribution in [2.45, 2.75) is 26.3 Å². The average Bonchev–Trinajstić information content (AvgIpc) is 2.35. The molecule has 0 saturated carbocycles. The molecule has 0 bridgehead atoms. The normalized spacial score (nSPS) is 12.5. The van der Waals surface area contributed by atoms with Crippen LogP contribution in [0.1, 0.15) is 18.9 Å². The molecule has 0 fully saturated rings. The van der Waals surface area contributed by atoms with E-state index in [-0.39, 0.29) is 12.6 Å². The highest BCUT2D eigenvalue weighted by atomic mass is 16.3. The Hall–Kier alpha value is -1.06. The summed E-state index contributed by atoms with van der Waals surface area (Å²) in [5.41, 5.74) is 2.46. The smallest absolute Gasteiger partial charge is 0.0601 e. The van der Waals surface area contributed by atoms with E-state index < -0.39 is 0 Å². The van der Waals surface area contributed by atoms with Gasteiger partial charge >= 0.3 is 0 Å². The van der Waals surface area contributed by atoms with Crippen molar-refractivity contribution < 1.29 is 5.11 Å². The highest BCUT2D eigenvalue weighted by molar-refractivity contribution is 5.46. The van der Waals surface area contributed by atoms with Crippen LogP contribution in [0.4, 0.5) is 5.69 Å². The molecule has 3 heteroatoms. The van der Waals surface area contributed by atoms with E-state index in [2.05, 4.69) is 55.4 Å². The Morgan fingerprint density at radius 2 is 1.94 bits per heavy atom. The third kappa shape index (κ3) is 4.75. The van der Waals surface area contributed by atoms with Crippen LogP contribution in [0, 0.1) is 6.92 Å². The van der Waals surface area contributed by atoms with Gasteiger partial charge in [0, 0.05) is 25.3 Å². The van der Waals surface area contributed by atoms with Crippen LogP contribution < -0.4 is 10.2 Å². The molecule has 1 rings (SSSR count). The lowest BCUT2D eigenvalue weighted by Gasteiger charge is -2.25. The zero-order valence-corrected chi connectivity index (χ0v) is 11.1. The molecule has 3 nitrogen and oxygen atoms in total. The Morgan fingerprint density at radius 3 is 2.47 bits per heavy atom. The first-order valence-electron chi connectivity index (χ1n) is 6.29. The van der Waals surface area contributed by atoms with Gasteiger partial charge in [-0.25, -0.2) is 0 Å². The van der Waals surface area contributed by atoms with Crippen LogP contribution in [0.15, 0.2) is 24.3 Å². The summed E-state index contributed by atoms with van der Waals surface area (Å²) in [4.78, 5) is 2.17. The summed E-state index contributed by atoms with van der Waals surface area (Å²) in [7, 11) is 2.06. The number of hydrogen-bond acceptors (Lipinski definition) is 3. The number of nitrogens with one attached hydrogen (secondary N) is 1. The van der Waals surface area contributed by atoms with Gasteiger partial charge in [-0.2, -0.15) is 0 Å². The fourth-order valence-corrected chi connectivity index (χ4v) is 1.77. The molecule has 0 saturated heterocycles. The minimum absolute atomic E-state index is 0.140. The van der Waals surface area contributed by atoms with Crippen molar-refractivity contribution in [3.8, 4) is 0 Å². The van der Waals surface area contributed by atoms with Gasteiger partial charge < -0.3 is 15.3 Å². The number of nitrogens with zero attached hydrogens (tertiary/aromatic N) is 1.